The number of carbonyl (C=O) groups is 2. The largest absolute Gasteiger partial charge is 0.444 e. The van der Waals surface area contributed by atoms with Gasteiger partial charge >= 0.3 is 6.09 Å². The van der Waals surface area contributed by atoms with Gasteiger partial charge in [0.15, 0.2) is 0 Å². The average Bonchev–Trinajstić information content (AvgIpc) is 2.84. The minimum Gasteiger partial charge on any atom is -0.444 e. The lowest BCUT2D eigenvalue weighted by Gasteiger charge is -2.28. The van der Waals surface area contributed by atoms with E-state index in [1.807, 2.05) is 26.8 Å². The Morgan fingerprint density at radius 2 is 2.00 bits per heavy atom. The van der Waals surface area contributed by atoms with E-state index in [2.05, 4.69) is 5.32 Å². The summed E-state index contributed by atoms with van der Waals surface area (Å²) in [6.45, 7) is 6.38. The number of carbonyl (C=O) groups excluding carboxylic acids is 2. The van der Waals surface area contributed by atoms with E-state index in [-0.39, 0.29) is 29.0 Å². The second-order valence-electron chi connectivity index (χ2n) is 6.90. The molecule has 0 spiro atoms. The molecule has 0 radical (unpaired) electrons. The lowest BCUT2D eigenvalue weighted by atomic mass is 9.86. The maximum atomic E-state index is 12.3. The van der Waals surface area contributed by atoms with Gasteiger partial charge in [-0.05, 0) is 32.4 Å². The third-order valence-corrected chi connectivity index (χ3v) is 4.85. The molecule has 2 aliphatic heterocycles. The molecule has 0 saturated carbocycles. The van der Waals surface area contributed by atoms with Crippen molar-refractivity contribution in [2.24, 2.45) is 0 Å². The molecule has 0 aromatic heterocycles. The SMILES string of the molecule is CC(C)(C)OC(=O)N1C[C@@H]2NC(=O)c3c(ccc(Cl)c3Cl)[C@H]2C1. The summed E-state index contributed by atoms with van der Waals surface area (Å²) in [5, 5.41) is 3.53. The van der Waals surface area contributed by atoms with Gasteiger partial charge < -0.3 is 15.0 Å². The first kappa shape index (κ1) is 16.4. The Morgan fingerprint density at radius 1 is 1.30 bits per heavy atom. The second kappa shape index (κ2) is 5.56. The molecule has 23 heavy (non-hydrogen) atoms. The lowest BCUT2D eigenvalue weighted by molar-refractivity contribution is 0.0288. The molecule has 1 aromatic carbocycles. The fraction of sp³-hybridized carbons (Fsp3) is 0.500. The molecule has 5 nitrogen and oxygen atoms in total. The zero-order chi connectivity index (χ0) is 16.9. The molecule has 0 bridgehead atoms. The van der Waals surface area contributed by atoms with Crippen LogP contribution in [-0.2, 0) is 4.74 Å². The third-order valence-electron chi connectivity index (χ3n) is 4.04. The highest BCUT2D eigenvalue weighted by molar-refractivity contribution is 6.44. The molecule has 2 aliphatic rings. The fourth-order valence-electron chi connectivity index (χ4n) is 3.09. The van der Waals surface area contributed by atoms with Crippen LogP contribution in [0.5, 0.6) is 0 Å². The number of hydrogen-bond acceptors (Lipinski definition) is 3. The number of likely N-dealkylation sites (tertiary alicyclic amines) is 1. The first-order valence-corrected chi connectivity index (χ1v) is 8.19. The minimum absolute atomic E-state index is 0.00927. The Bertz CT molecular complexity index is 685. The van der Waals surface area contributed by atoms with E-state index in [4.69, 9.17) is 27.9 Å². The van der Waals surface area contributed by atoms with E-state index in [9.17, 15) is 9.59 Å². The summed E-state index contributed by atoms with van der Waals surface area (Å²) in [7, 11) is 0. The molecular formula is C16H18Cl2N2O3. The van der Waals surface area contributed by atoms with Crippen LogP contribution in [0.15, 0.2) is 12.1 Å². The molecule has 1 saturated heterocycles. The van der Waals surface area contributed by atoms with Gasteiger partial charge in [-0.15, -0.1) is 0 Å². The Morgan fingerprint density at radius 3 is 2.65 bits per heavy atom. The molecule has 1 aromatic rings. The van der Waals surface area contributed by atoms with Crippen molar-refractivity contribution in [3.05, 3.63) is 33.3 Å². The fourth-order valence-corrected chi connectivity index (χ4v) is 3.50. The molecule has 0 aliphatic carbocycles. The van der Waals surface area contributed by atoms with Gasteiger partial charge in [-0.2, -0.15) is 0 Å². The number of benzene rings is 1. The van der Waals surface area contributed by atoms with Crippen LogP contribution in [0, 0.1) is 0 Å². The van der Waals surface area contributed by atoms with E-state index in [1.165, 1.54) is 0 Å². The summed E-state index contributed by atoms with van der Waals surface area (Å²) in [5.41, 5.74) is 0.689. The van der Waals surface area contributed by atoms with Crippen molar-refractivity contribution in [2.75, 3.05) is 13.1 Å². The standard InChI is InChI=1S/C16H18Cl2N2O3/c1-16(2,3)23-15(22)20-6-9-8-4-5-10(17)13(18)12(8)14(21)19-11(9)7-20/h4-5,9,11H,6-7H2,1-3H3,(H,19,21)/t9-,11+/m1/s1. The summed E-state index contributed by atoms with van der Waals surface area (Å²) >= 11 is 12.2. The molecular weight excluding hydrogens is 339 g/mol. The van der Waals surface area contributed by atoms with E-state index in [0.29, 0.717) is 23.7 Å². The average molecular weight is 357 g/mol. The summed E-state index contributed by atoms with van der Waals surface area (Å²) in [6, 6.07) is 3.37. The maximum Gasteiger partial charge on any atom is 0.410 e. The number of rotatable bonds is 0. The number of nitrogens with zero attached hydrogens (tertiary/aromatic N) is 1. The summed E-state index contributed by atoms with van der Waals surface area (Å²) in [5.74, 6) is -0.259. The highest BCUT2D eigenvalue weighted by Gasteiger charge is 2.43. The predicted octanol–water partition coefficient (Wildman–Crippen LogP) is 3.44. The van der Waals surface area contributed by atoms with Crippen LogP contribution in [0.4, 0.5) is 4.79 Å². The topological polar surface area (TPSA) is 58.6 Å². The van der Waals surface area contributed by atoms with Crippen LogP contribution in [0.25, 0.3) is 0 Å². The zero-order valence-corrected chi connectivity index (χ0v) is 14.7. The first-order chi connectivity index (χ1) is 10.7. The van der Waals surface area contributed by atoms with Gasteiger partial charge in [-0.3, -0.25) is 4.79 Å². The van der Waals surface area contributed by atoms with Crippen LogP contribution >= 0.6 is 23.2 Å². The molecule has 2 heterocycles. The predicted molar refractivity (Wildman–Crippen MR) is 88.3 cm³/mol. The highest BCUT2D eigenvalue weighted by Crippen LogP contribution is 2.39. The van der Waals surface area contributed by atoms with Crippen molar-refractivity contribution in [1.29, 1.82) is 0 Å². The van der Waals surface area contributed by atoms with Crippen molar-refractivity contribution < 1.29 is 14.3 Å². The number of ether oxygens (including phenoxy) is 1. The van der Waals surface area contributed by atoms with E-state index >= 15 is 0 Å². The van der Waals surface area contributed by atoms with Gasteiger partial charge in [0.1, 0.15) is 5.60 Å². The van der Waals surface area contributed by atoms with Crippen molar-refractivity contribution in [2.45, 2.75) is 38.3 Å². The van der Waals surface area contributed by atoms with Gasteiger partial charge in [0.05, 0.1) is 21.7 Å². The smallest absolute Gasteiger partial charge is 0.410 e. The van der Waals surface area contributed by atoms with Crippen LogP contribution in [0.3, 0.4) is 0 Å². The first-order valence-electron chi connectivity index (χ1n) is 7.44. The Hall–Kier alpha value is -1.46. The van der Waals surface area contributed by atoms with Crippen molar-refractivity contribution in [3.8, 4) is 0 Å². The number of nitrogens with one attached hydrogen (secondary N) is 1. The number of fused-ring (bicyclic) bond motifs is 3. The third kappa shape index (κ3) is 3.00. The quantitative estimate of drug-likeness (QED) is 0.774. The summed E-state index contributed by atoms with van der Waals surface area (Å²) in [6.07, 6.45) is -0.372. The molecule has 124 valence electrons. The Balaban J connectivity index is 1.88. The Labute approximate surface area is 144 Å². The highest BCUT2D eigenvalue weighted by atomic mass is 35.5. The maximum absolute atomic E-state index is 12.3. The molecule has 3 rings (SSSR count). The van der Waals surface area contributed by atoms with E-state index in [1.54, 1.807) is 11.0 Å². The number of hydrogen-bond donors (Lipinski definition) is 1. The molecule has 1 fully saturated rings. The van der Waals surface area contributed by atoms with Crippen LogP contribution in [-0.4, -0.2) is 41.6 Å². The molecule has 2 atom stereocenters. The number of amides is 2. The van der Waals surface area contributed by atoms with Crippen LogP contribution < -0.4 is 5.32 Å². The second-order valence-corrected chi connectivity index (χ2v) is 7.68. The van der Waals surface area contributed by atoms with Gasteiger partial charge in [0.25, 0.3) is 5.91 Å². The lowest BCUT2D eigenvalue weighted by Crippen LogP contribution is -2.44. The zero-order valence-electron chi connectivity index (χ0n) is 13.2. The van der Waals surface area contributed by atoms with Gasteiger partial charge in [-0.1, -0.05) is 29.3 Å². The van der Waals surface area contributed by atoms with E-state index < -0.39 is 5.60 Å². The monoisotopic (exact) mass is 356 g/mol. The van der Waals surface area contributed by atoms with Gasteiger partial charge in [0, 0.05) is 19.0 Å². The van der Waals surface area contributed by atoms with Crippen molar-refractivity contribution in [1.82, 2.24) is 10.2 Å². The normalized spacial score (nSPS) is 23.2. The van der Waals surface area contributed by atoms with Gasteiger partial charge in [0.2, 0.25) is 0 Å². The van der Waals surface area contributed by atoms with Crippen molar-refractivity contribution in [3.63, 3.8) is 0 Å². The molecule has 0 unspecified atom stereocenters. The summed E-state index contributed by atoms with van der Waals surface area (Å²) < 4.78 is 5.41. The summed E-state index contributed by atoms with van der Waals surface area (Å²) in [4.78, 5) is 26.2. The minimum atomic E-state index is -0.553. The van der Waals surface area contributed by atoms with Gasteiger partial charge in [-0.25, -0.2) is 4.79 Å². The van der Waals surface area contributed by atoms with Crippen molar-refractivity contribution >= 4 is 35.2 Å². The Kier molecular flexibility index (Phi) is 3.97. The van der Waals surface area contributed by atoms with Crippen LogP contribution in [0.1, 0.15) is 42.6 Å². The molecule has 7 heteroatoms. The molecule has 1 N–H and O–H groups in total. The number of halogens is 2. The van der Waals surface area contributed by atoms with E-state index in [0.717, 1.165) is 5.56 Å². The molecule has 2 amide bonds. The van der Waals surface area contributed by atoms with Crippen LogP contribution in [0.2, 0.25) is 10.0 Å².